The summed E-state index contributed by atoms with van der Waals surface area (Å²) in [4.78, 5) is 16.5. The highest BCUT2D eigenvalue weighted by atomic mass is 79.9. The second-order valence-corrected chi connectivity index (χ2v) is 7.23. The Kier molecular flexibility index (Phi) is 6.12. The van der Waals surface area contributed by atoms with Gasteiger partial charge >= 0.3 is 0 Å². The predicted molar refractivity (Wildman–Crippen MR) is 106 cm³/mol. The molecule has 4 nitrogen and oxygen atoms in total. The molecule has 1 atom stereocenters. The number of aryl methyl sites for hydroxylation is 1. The second kappa shape index (κ2) is 8.52. The van der Waals surface area contributed by atoms with E-state index in [0.29, 0.717) is 29.5 Å². The Balaban J connectivity index is 1.55. The lowest BCUT2D eigenvalue weighted by atomic mass is 10.1. The Morgan fingerprint density at radius 1 is 1.23 bits per heavy atom. The van der Waals surface area contributed by atoms with E-state index >= 15 is 0 Å². The summed E-state index contributed by atoms with van der Waals surface area (Å²) in [5, 5.41) is 3.67. The van der Waals surface area contributed by atoms with Crippen LogP contribution in [0.1, 0.15) is 30.8 Å². The molecule has 1 unspecified atom stereocenters. The van der Waals surface area contributed by atoms with Gasteiger partial charge in [0.05, 0.1) is 12.2 Å². The maximum absolute atomic E-state index is 12.2. The smallest absolute Gasteiger partial charge is 0.220 e. The normalized spacial score (nSPS) is 12.0. The third kappa shape index (κ3) is 4.74. The lowest BCUT2D eigenvalue weighted by molar-refractivity contribution is -0.121. The summed E-state index contributed by atoms with van der Waals surface area (Å²) >= 11 is 9.40. The number of amides is 1. The Hall–Kier alpha value is -2.11. The molecule has 0 bridgehead atoms. The molecule has 134 valence electrons. The molecule has 6 heteroatoms. The van der Waals surface area contributed by atoms with Gasteiger partial charge < -0.3 is 9.73 Å². The van der Waals surface area contributed by atoms with Gasteiger partial charge in [0.2, 0.25) is 5.91 Å². The fraction of sp³-hybridized carbons (Fsp3) is 0.200. The summed E-state index contributed by atoms with van der Waals surface area (Å²) in [5.41, 5.74) is 1.95. The van der Waals surface area contributed by atoms with Crippen molar-refractivity contribution in [1.82, 2.24) is 10.3 Å². The van der Waals surface area contributed by atoms with Crippen molar-refractivity contribution in [1.29, 1.82) is 0 Å². The zero-order valence-corrected chi connectivity index (χ0v) is 16.5. The molecule has 0 aliphatic heterocycles. The molecule has 1 N–H and O–H groups in total. The van der Waals surface area contributed by atoms with Gasteiger partial charge in [0.15, 0.2) is 11.7 Å². The van der Waals surface area contributed by atoms with E-state index in [1.54, 1.807) is 18.3 Å². The number of nitrogens with zero attached hydrogens (tertiary/aromatic N) is 1. The number of carbonyl (C=O) groups excluding carboxylic acids is 1. The number of oxazole rings is 1. The summed E-state index contributed by atoms with van der Waals surface area (Å²) in [6, 6.07) is 15.1. The molecular weight excluding hydrogens is 416 g/mol. The summed E-state index contributed by atoms with van der Waals surface area (Å²) in [6.45, 7) is 1.96. The highest BCUT2D eigenvalue weighted by Gasteiger charge is 2.13. The quantitative estimate of drug-likeness (QED) is 0.553. The van der Waals surface area contributed by atoms with Crippen LogP contribution in [0.2, 0.25) is 5.02 Å². The van der Waals surface area contributed by atoms with Gasteiger partial charge in [-0.05, 0) is 42.8 Å². The molecule has 1 heterocycles. The zero-order chi connectivity index (χ0) is 18.5. The average molecular weight is 434 g/mol. The molecule has 0 saturated carbocycles. The van der Waals surface area contributed by atoms with Crippen molar-refractivity contribution in [2.24, 2.45) is 0 Å². The minimum absolute atomic E-state index is 0.0421. The summed E-state index contributed by atoms with van der Waals surface area (Å²) in [5.74, 6) is 1.16. The van der Waals surface area contributed by atoms with Gasteiger partial charge in [-0.2, -0.15) is 0 Å². The fourth-order valence-corrected chi connectivity index (χ4v) is 3.37. The number of aromatic nitrogens is 1. The second-order valence-electron chi connectivity index (χ2n) is 5.94. The maximum Gasteiger partial charge on any atom is 0.220 e. The third-order valence-electron chi connectivity index (χ3n) is 4.00. The van der Waals surface area contributed by atoms with Crippen molar-refractivity contribution in [3.05, 3.63) is 75.7 Å². The van der Waals surface area contributed by atoms with Crippen LogP contribution in [0.25, 0.3) is 11.3 Å². The van der Waals surface area contributed by atoms with Gasteiger partial charge in [-0.3, -0.25) is 4.79 Å². The van der Waals surface area contributed by atoms with E-state index in [0.717, 1.165) is 15.6 Å². The van der Waals surface area contributed by atoms with Crippen LogP contribution >= 0.6 is 27.5 Å². The number of halogens is 2. The summed E-state index contributed by atoms with van der Waals surface area (Å²) in [6.07, 6.45) is 2.43. The largest absolute Gasteiger partial charge is 0.441 e. The number of hydrogen-bond donors (Lipinski definition) is 1. The van der Waals surface area contributed by atoms with Crippen molar-refractivity contribution in [3.63, 3.8) is 0 Å². The van der Waals surface area contributed by atoms with Crippen LogP contribution in [0.5, 0.6) is 0 Å². The topological polar surface area (TPSA) is 55.1 Å². The summed E-state index contributed by atoms with van der Waals surface area (Å²) < 4.78 is 6.71. The van der Waals surface area contributed by atoms with Crippen LogP contribution in [0.3, 0.4) is 0 Å². The molecule has 0 saturated heterocycles. The first-order chi connectivity index (χ1) is 12.5. The Morgan fingerprint density at radius 2 is 1.96 bits per heavy atom. The molecule has 0 radical (unpaired) electrons. The Morgan fingerprint density at radius 3 is 2.69 bits per heavy atom. The van der Waals surface area contributed by atoms with Crippen molar-refractivity contribution < 1.29 is 9.21 Å². The lowest BCUT2D eigenvalue weighted by Crippen LogP contribution is -2.27. The molecule has 3 aromatic rings. The van der Waals surface area contributed by atoms with E-state index in [2.05, 4.69) is 26.2 Å². The first kappa shape index (κ1) is 18.7. The van der Waals surface area contributed by atoms with Crippen LogP contribution < -0.4 is 5.32 Å². The molecule has 0 spiro atoms. The number of hydrogen-bond acceptors (Lipinski definition) is 3. The SMILES string of the molecule is CC(NC(=O)CCc1ncc(-c2ccc(Cl)cc2)o1)c1ccccc1Br. The van der Waals surface area contributed by atoms with E-state index in [4.69, 9.17) is 16.0 Å². The Bertz CT molecular complexity index is 893. The van der Waals surface area contributed by atoms with E-state index in [1.807, 2.05) is 43.3 Å². The molecule has 1 aromatic heterocycles. The van der Waals surface area contributed by atoms with E-state index in [9.17, 15) is 4.79 Å². The van der Waals surface area contributed by atoms with Gasteiger partial charge in [0.25, 0.3) is 0 Å². The first-order valence-electron chi connectivity index (χ1n) is 8.27. The van der Waals surface area contributed by atoms with E-state index < -0.39 is 0 Å². The standard InChI is InChI=1S/C20H18BrClN2O2/c1-13(16-4-2-3-5-17(16)21)24-19(25)10-11-20-23-12-18(26-20)14-6-8-15(22)9-7-14/h2-9,12-13H,10-11H2,1H3,(H,24,25). The van der Waals surface area contributed by atoms with E-state index in [-0.39, 0.29) is 11.9 Å². The van der Waals surface area contributed by atoms with Crippen molar-refractivity contribution >= 4 is 33.4 Å². The third-order valence-corrected chi connectivity index (χ3v) is 4.97. The molecule has 26 heavy (non-hydrogen) atoms. The Labute approximate surface area is 165 Å². The predicted octanol–water partition coefficient (Wildman–Crippen LogP) is 5.57. The van der Waals surface area contributed by atoms with Gasteiger partial charge in [0.1, 0.15) is 0 Å². The maximum atomic E-state index is 12.2. The van der Waals surface area contributed by atoms with Gasteiger partial charge in [-0.15, -0.1) is 0 Å². The van der Waals surface area contributed by atoms with Crippen LogP contribution in [-0.2, 0) is 11.2 Å². The van der Waals surface area contributed by atoms with Crippen LogP contribution in [-0.4, -0.2) is 10.9 Å². The molecule has 3 rings (SSSR count). The first-order valence-corrected chi connectivity index (χ1v) is 9.44. The van der Waals surface area contributed by atoms with Gasteiger partial charge in [-0.25, -0.2) is 4.98 Å². The highest BCUT2D eigenvalue weighted by molar-refractivity contribution is 9.10. The highest BCUT2D eigenvalue weighted by Crippen LogP contribution is 2.24. The minimum Gasteiger partial charge on any atom is -0.441 e. The molecule has 2 aromatic carbocycles. The van der Waals surface area contributed by atoms with Gasteiger partial charge in [-0.1, -0.05) is 45.7 Å². The number of benzene rings is 2. The fourth-order valence-electron chi connectivity index (χ4n) is 2.61. The lowest BCUT2D eigenvalue weighted by Gasteiger charge is -2.15. The zero-order valence-electron chi connectivity index (χ0n) is 14.2. The average Bonchev–Trinajstić information content (AvgIpc) is 3.10. The van der Waals surface area contributed by atoms with Gasteiger partial charge in [0, 0.05) is 27.9 Å². The monoisotopic (exact) mass is 432 g/mol. The molecule has 1 amide bonds. The summed E-state index contributed by atoms with van der Waals surface area (Å²) in [7, 11) is 0. The van der Waals surface area contributed by atoms with Crippen LogP contribution in [0.4, 0.5) is 0 Å². The van der Waals surface area contributed by atoms with Crippen LogP contribution in [0.15, 0.2) is 63.6 Å². The molecular formula is C20H18BrClN2O2. The number of nitrogens with one attached hydrogen (secondary N) is 1. The number of rotatable bonds is 6. The van der Waals surface area contributed by atoms with Crippen LogP contribution in [0, 0.1) is 0 Å². The van der Waals surface area contributed by atoms with Crippen molar-refractivity contribution in [3.8, 4) is 11.3 Å². The van der Waals surface area contributed by atoms with Crippen molar-refractivity contribution in [2.75, 3.05) is 0 Å². The van der Waals surface area contributed by atoms with Crippen molar-refractivity contribution in [2.45, 2.75) is 25.8 Å². The minimum atomic E-state index is -0.0766. The van der Waals surface area contributed by atoms with E-state index in [1.165, 1.54) is 0 Å². The molecule has 0 aliphatic rings. The molecule has 0 fully saturated rings. The molecule has 0 aliphatic carbocycles. The number of carbonyl (C=O) groups is 1.